The number of carbonyl (C=O) groups is 1. The number of benzene rings is 1. The van der Waals surface area contributed by atoms with Crippen LogP contribution >= 0.6 is 15.9 Å². The Balaban J connectivity index is 1.19. The minimum atomic E-state index is -0.129. The van der Waals surface area contributed by atoms with E-state index in [9.17, 15) is 4.79 Å². The molecule has 4 aliphatic carbocycles. The molecule has 2 aromatic rings. The number of nitrogens with zero attached hydrogens (tertiary/aromatic N) is 3. The lowest BCUT2D eigenvalue weighted by Gasteiger charge is -2.57. The van der Waals surface area contributed by atoms with E-state index in [0.29, 0.717) is 11.7 Å². The van der Waals surface area contributed by atoms with Crippen molar-refractivity contribution in [2.75, 3.05) is 6.54 Å². The second kappa shape index (κ2) is 7.08. The van der Waals surface area contributed by atoms with Gasteiger partial charge in [-0.1, -0.05) is 21.1 Å². The van der Waals surface area contributed by atoms with Gasteiger partial charge in [0, 0.05) is 22.1 Å². The maximum absolute atomic E-state index is 13.3. The van der Waals surface area contributed by atoms with E-state index in [4.69, 9.17) is 4.52 Å². The molecule has 2 heterocycles. The summed E-state index contributed by atoms with van der Waals surface area (Å²) in [7, 11) is 0. The van der Waals surface area contributed by atoms with E-state index in [1.807, 2.05) is 29.2 Å². The van der Waals surface area contributed by atoms with E-state index >= 15 is 0 Å². The molecule has 1 aliphatic heterocycles. The summed E-state index contributed by atoms with van der Waals surface area (Å²) in [4.78, 5) is 19.9. The van der Waals surface area contributed by atoms with Crippen LogP contribution in [0.1, 0.15) is 63.3 Å². The summed E-state index contributed by atoms with van der Waals surface area (Å²) in [6, 6.07) is 7.78. The molecule has 5 fully saturated rings. The zero-order chi connectivity index (χ0) is 20.3. The Bertz CT molecular complexity index is 921. The lowest BCUT2D eigenvalue weighted by molar-refractivity contribution is -0.0160. The van der Waals surface area contributed by atoms with Gasteiger partial charge < -0.3 is 14.7 Å². The summed E-state index contributed by atoms with van der Waals surface area (Å²) >= 11 is 3.45. The van der Waals surface area contributed by atoms with Gasteiger partial charge in [-0.25, -0.2) is 4.79 Å². The molecule has 2 amide bonds. The number of aromatic nitrogens is 2. The average Bonchev–Trinajstić information content (AvgIpc) is 3.36. The number of nitrogens with one attached hydrogen (secondary N) is 1. The highest BCUT2D eigenvalue weighted by Gasteiger charge is 2.52. The molecule has 30 heavy (non-hydrogen) atoms. The number of rotatable bonds is 3. The second-order valence-electron chi connectivity index (χ2n) is 9.94. The van der Waals surface area contributed by atoms with Crippen LogP contribution in [-0.4, -0.2) is 33.2 Å². The summed E-state index contributed by atoms with van der Waals surface area (Å²) in [5, 5.41) is 7.68. The van der Waals surface area contributed by atoms with Crippen molar-refractivity contribution in [3.8, 4) is 11.4 Å². The third-order valence-corrected chi connectivity index (χ3v) is 8.28. The minimum Gasteiger partial charge on any atom is -0.337 e. The fourth-order valence-electron chi connectivity index (χ4n) is 6.92. The van der Waals surface area contributed by atoms with E-state index in [1.54, 1.807) is 0 Å². The van der Waals surface area contributed by atoms with Crippen LogP contribution in [0.3, 0.4) is 0 Å². The summed E-state index contributed by atoms with van der Waals surface area (Å²) < 4.78 is 6.63. The molecule has 7 heteroatoms. The summed E-state index contributed by atoms with van der Waals surface area (Å²) in [5.41, 5.74) is 0.937. The zero-order valence-electron chi connectivity index (χ0n) is 17.0. The average molecular weight is 471 g/mol. The largest absolute Gasteiger partial charge is 0.337 e. The molecule has 1 unspecified atom stereocenters. The Hall–Kier alpha value is -1.89. The zero-order valence-corrected chi connectivity index (χ0v) is 18.6. The van der Waals surface area contributed by atoms with E-state index in [-0.39, 0.29) is 17.6 Å². The van der Waals surface area contributed by atoms with Crippen LogP contribution in [0.4, 0.5) is 4.79 Å². The highest BCUT2D eigenvalue weighted by Crippen LogP contribution is 2.55. The van der Waals surface area contributed by atoms with Crippen LogP contribution in [0.15, 0.2) is 33.3 Å². The third kappa shape index (κ3) is 3.26. The van der Waals surface area contributed by atoms with Gasteiger partial charge >= 0.3 is 6.03 Å². The molecule has 6 nitrogen and oxygen atoms in total. The molecule has 1 aromatic heterocycles. The van der Waals surface area contributed by atoms with E-state index in [2.05, 4.69) is 31.4 Å². The van der Waals surface area contributed by atoms with Crippen LogP contribution in [0.25, 0.3) is 11.4 Å². The van der Waals surface area contributed by atoms with E-state index < -0.39 is 0 Å². The van der Waals surface area contributed by atoms with Crippen LogP contribution in [0, 0.1) is 17.8 Å². The first-order chi connectivity index (χ1) is 14.6. The Morgan fingerprint density at radius 2 is 1.77 bits per heavy atom. The monoisotopic (exact) mass is 470 g/mol. The first-order valence-corrected chi connectivity index (χ1v) is 12.0. The molecular weight excluding hydrogens is 444 g/mol. The van der Waals surface area contributed by atoms with Gasteiger partial charge in [0.05, 0.1) is 0 Å². The number of carbonyl (C=O) groups excluding carboxylic acids is 1. The second-order valence-corrected chi connectivity index (χ2v) is 10.9. The Kier molecular flexibility index (Phi) is 4.44. The van der Waals surface area contributed by atoms with Crippen molar-refractivity contribution in [2.45, 2.75) is 62.9 Å². The number of hydrogen-bond acceptors (Lipinski definition) is 4. The van der Waals surface area contributed by atoms with Crippen molar-refractivity contribution in [1.29, 1.82) is 0 Å². The first-order valence-electron chi connectivity index (χ1n) is 11.3. The third-order valence-electron chi connectivity index (χ3n) is 7.75. The number of halogens is 1. The smallest absolute Gasteiger partial charge is 0.318 e. The van der Waals surface area contributed by atoms with E-state index in [0.717, 1.165) is 47.2 Å². The predicted molar refractivity (Wildman–Crippen MR) is 116 cm³/mol. The van der Waals surface area contributed by atoms with Gasteiger partial charge in [0.2, 0.25) is 11.7 Å². The number of hydrogen-bond donors (Lipinski definition) is 1. The quantitative estimate of drug-likeness (QED) is 0.658. The predicted octanol–water partition coefficient (Wildman–Crippen LogP) is 5.31. The van der Waals surface area contributed by atoms with Crippen LogP contribution in [0.5, 0.6) is 0 Å². The van der Waals surface area contributed by atoms with Crippen molar-refractivity contribution in [3.05, 3.63) is 34.6 Å². The Morgan fingerprint density at radius 3 is 2.43 bits per heavy atom. The SMILES string of the molecule is O=C(NC12CC3CC(CC(C3)C1)C2)N1CCCC1c1nc(-c2ccc(Br)cc2)no1. The van der Waals surface area contributed by atoms with Crippen molar-refractivity contribution in [1.82, 2.24) is 20.4 Å². The molecule has 7 rings (SSSR count). The van der Waals surface area contributed by atoms with Crippen LogP contribution < -0.4 is 5.32 Å². The molecule has 0 spiro atoms. The van der Waals surface area contributed by atoms with Gasteiger partial charge in [0.1, 0.15) is 6.04 Å². The molecule has 4 bridgehead atoms. The molecule has 4 saturated carbocycles. The number of urea groups is 1. The van der Waals surface area contributed by atoms with Gasteiger partial charge in [-0.3, -0.25) is 0 Å². The van der Waals surface area contributed by atoms with Crippen molar-refractivity contribution >= 4 is 22.0 Å². The number of amides is 2. The molecule has 0 radical (unpaired) electrons. The van der Waals surface area contributed by atoms with Gasteiger partial charge in [0.25, 0.3) is 0 Å². The lowest BCUT2D eigenvalue weighted by atomic mass is 9.53. The molecule has 1 N–H and O–H groups in total. The maximum Gasteiger partial charge on any atom is 0.318 e. The number of likely N-dealkylation sites (tertiary alicyclic amines) is 1. The molecule has 158 valence electrons. The van der Waals surface area contributed by atoms with E-state index in [1.165, 1.54) is 38.5 Å². The summed E-state index contributed by atoms with van der Waals surface area (Å²) in [5.74, 6) is 3.57. The molecule has 1 saturated heterocycles. The topological polar surface area (TPSA) is 71.3 Å². The molecular formula is C23H27BrN4O2. The Labute approximate surface area is 184 Å². The van der Waals surface area contributed by atoms with Crippen molar-refractivity contribution in [2.24, 2.45) is 17.8 Å². The fourth-order valence-corrected chi connectivity index (χ4v) is 7.18. The normalized spacial score (nSPS) is 34.5. The molecule has 5 aliphatic rings. The minimum absolute atomic E-state index is 0.0242. The van der Waals surface area contributed by atoms with Crippen LogP contribution in [0.2, 0.25) is 0 Å². The van der Waals surface area contributed by atoms with Crippen molar-refractivity contribution in [3.63, 3.8) is 0 Å². The van der Waals surface area contributed by atoms with Gasteiger partial charge in [-0.05, 0) is 93.4 Å². The highest BCUT2D eigenvalue weighted by atomic mass is 79.9. The highest BCUT2D eigenvalue weighted by molar-refractivity contribution is 9.10. The Morgan fingerprint density at radius 1 is 1.10 bits per heavy atom. The van der Waals surface area contributed by atoms with Gasteiger partial charge in [0.15, 0.2) is 0 Å². The van der Waals surface area contributed by atoms with Crippen molar-refractivity contribution < 1.29 is 9.32 Å². The summed E-state index contributed by atoms with van der Waals surface area (Å²) in [6.45, 7) is 0.749. The fraction of sp³-hybridized carbons (Fsp3) is 0.609. The summed E-state index contributed by atoms with van der Waals surface area (Å²) in [6.07, 6.45) is 9.46. The standard InChI is InChI=1S/C23H27BrN4O2/c24-18-5-3-17(4-6-18)20-25-21(30-27-20)19-2-1-7-28(19)22(29)26-23-11-14-8-15(12-23)10-16(9-14)13-23/h3-6,14-16,19H,1-2,7-13H2,(H,26,29). The van der Waals surface area contributed by atoms with Gasteiger partial charge in [-0.15, -0.1) is 0 Å². The van der Waals surface area contributed by atoms with Crippen LogP contribution in [-0.2, 0) is 0 Å². The first kappa shape index (κ1) is 18.8. The molecule has 1 aromatic carbocycles. The molecule has 1 atom stereocenters. The van der Waals surface area contributed by atoms with Gasteiger partial charge in [-0.2, -0.15) is 4.98 Å². The maximum atomic E-state index is 13.3. The lowest BCUT2D eigenvalue weighted by Crippen LogP contribution is -2.61.